The SMILES string of the molecule is C=CC(/N=C/C(/C=C\CF)=C/C#CC)=C(\C=C(/C)C(=O)N1CCN(C2C=NC=CN2)CC1)/N=C/CCCCC(=O)O. The van der Waals surface area contributed by atoms with E-state index in [1.54, 1.807) is 44.5 Å². The summed E-state index contributed by atoms with van der Waals surface area (Å²) in [5, 5.41) is 12.1. The summed E-state index contributed by atoms with van der Waals surface area (Å²) >= 11 is 0. The number of alkyl halides is 1. The van der Waals surface area contributed by atoms with Crippen LogP contribution in [0.15, 0.2) is 86.9 Å². The van der Waals surface area contributed by atoms with Gasteiger partial charge in [-0.05, 0) is 51.3 Å². The first-order chi connectivity index (χ1) is 19.9. The van der Waals surface area contributed by atoms with Gasteiger partial charge in [0.15, 0.2) is 0 Å². The van der Waals surface area contributed by atoms with Crippen LogP contribution in [0.2, 0.25) is 0 Å². The van der Waals surface area contributed by atoms with Crippen LogP contribution in [-0.2, 0) is 9.59 Å². The second-order valence-electron chi connectivity index (χ2n) is 9.16. The van der Waals surface area contributed by atoms with Crippen LogP contribution in [0.1, 0.15) is 39.5 Å². The Kier molecular flexibility index (Phi) is 15.1. The summed E-state index contributed by atoms with van der Waals surface area (Å²) in [6.45, 7) is 9.26. The number of hydrogen-bond donors (Lipinski definition) is 2. The molecule has 218 valence electrons. The fourth-order valence-electron chi connectivity index (χ4n) is 3.96. The zero-order valence-corrected chi connectivity index (χ0v) is 23.8. The number of halogens is 1. The average Bonchev–Trinajstić information content (AvgIpc) is 2.99. The van der Waals surface area contributed by atoms with E-state index in [4.69, 9.17) is 5.11 Å². The second kappa shape index (κ2) is 18.8. The lowest BCUT2D eigenvalue weighted by molar-refractivity contribution is -0.137. The van der Waals surface area contributed by atoms with Gasteiger partial charge in [-0.2, -0.15) is 0 Å². The fraction of sp³-hybridized carbons (Fsp3) is 0.387. The van der Waals surface area contributed by atoms with Gasteiger partial charge in [0.05, 0.1) is 11.4 Å². The van der Waals surface area contributed by atoms with Gasteiger partial charge in [0.2, 0.25) is 5.91 Å². The molecule has 1 amide bonds. The minimum absolute atomic E-state index is 0.0169. The molecule has 9 nitrogen and oxygen atoms in total. The number of carboxylic acids is 1. The first-order valence-corrected chi connectivity index (χ1v) is 13.6. The molecule has 10 heteroatoms. The van der Waals surface area contributed by atoms with Crippen molar-refractivity contribution < 1.29 is 19.1 Å². The van der Waals surface area contributed by atoms with Crippen LogP contribution in [0, 0.1) is 11.8 Å². The zero-order valence-electron chi connectivity index (χ0n) is 23.8. The summed E-state index contributed by atoms with van der Waals surface area (Å²) in [5.41, 5.74) is 1.94. The standard InChI is InChI=1S/C31H39FN6O3/c1-4-6-11-26(12-10-14-32)23-36-27(5-2)28(34-15-9-7-8-13-30(39)40)22-25(3)31(41)38-20-18-37(19-21-38)29-24-33-16-17-35-29/h5,10-12,15-17,22-24,29,35H,2,7-9,13-14,18-21H2,1,3H3,(H,39,40)/b12-10-,25-22+,26-11+,28-27-,34-15+,36-23+. The van der Waals surface area contributed by atoms with Crippen molar-refractivity contribution in [2.24, 2.45) is 15.0 Å². The van der Waals surface area contributed by atoms with E-state index in [1.165, 1.54) is 18.4 Å². The Bertz CT molecular complexity index is 1220. The largest absolute Gasteiger partial charge is 0.481 e. The molecule has 1 atom stereocenters. The van der Waals surface area contributed by atoms with Crippen molar-refractivity contribution in [1.82, 2.24) is 15.1 Å². The summed E-state index contributed by atoms with van der Waals surface area (Å²) in [6, 6.07) is 0. The smallest absolute Gasteiger partial charge is 0.303 e. The molecular formula is C31H39FN6O3. The number of carbonyl (C=O) groups excluding carboxylic acids is 1. The van der Waals surface area contributed by atoms with E-state index in [1.807, 2.05) is 17.3 Å². The Morgan fingerprint density at radius 3 is 2.63 bits per heavy atom. The Morgan fingerprint density at radius 2 is 2.00 bits per heavy atom. The second-order valence-corrected chi connectivity index (χ2v) is 9.16. The molecule has 2 aliphatic heterocycles. The topological polar surface area (TPSA) is 110 Å². The molecule has 0 aromatic carbocycles. The Balaban J connectivity index is 2.26. The van der Waals surface area contributed by atoms with Crippen molar-refractivity contribution in [3.05, 3.63) is 71.9 Å². The summed E-state index contributed by atoms with van der Waals surface area (Å²) in [4.78, 5) is 41.4. The van der Waals surface area contributed by atoms with Gasteiger partial charge in [0, 0.05) is 74.8 Å². The first-order valence-electron chi connectivity index (χ1n) is 13.6. The Labute approximate surface area is 242 Å². The normalized spacial score (nSPS) is 18.9. The minimum Gasteiger partial charge on any atom is -0.481 e. The minimum atomic E-state index is -0.831. The summed E-state index contributed by atoms with van der Waals surface area (Å²) in [6.07, 6.45) is 18.3. The molecule has 0 radical (unpaired) electrons. The maximum atomic E-state index is 13.3. The van der Waals surface area contributed by atoms with Gasteiger partial charge in [-0.3, -0.25) is 29.5 Å². The molecule has 0 spiro atoms. The number of carbonyl (C=O) groups is 2. The molecule has 2 aliphatic rings. The van der Waals surface area contributed by atoms with Crippen molar-refractivity contribution in [2.45, 2.75) is 45.7 Å². The van der Waals surface area contributed by atoms with Crippen molar-refractivity contribution in [3.63, 3.8) is 0 Å². The van der Waals surface area contributed by atoms with Crippen molar-refractivity contribution in [1.29, 1.82) is 0 Å². The maximum Gasteiger partial charge on any atom is 0.303 e. The zero-order chi connectivity index (χ0) is 29.9. The lowest BCUT2D eigenvalue weighted by atomic mass is 10.1. The summed E-state index contributed by atoms with van der Waals surface area (Å²) in [7, 11) is 0. The number of nitrogens with one attached hydrogen (secondary N) is 1. The fourth-order valence-corrected chi connectivity index (χ4v) is 3.96. The van der Waals surface area contributed by atoms with Crippen molar-refractivity contribution in [2.75, 3.05) is 32.9 Å². The number of unbranched alkanes of at least 4 members (excludes halogenated alkanes) is 2. The summed E-state index contributed by atoms with van der Waals surface area (Å²) < 4.78 is 12.7. The molecule has 0 bridgehead atoms. The number of hydrogen-bond acceptors (Lipinski definition) is 7. The summed E-state index contributed by atoms with van der Waals surface area (Å²) in [5.74, 6) is 4.67. The number of aliphatic carboxylic acids is 1. The van der Waals surface area contributed by atoms with Crippen LogP contribution >= 0.6 is 0 Å². The highest BCUT2D eigenvalue weighted by Crippen LogP contribution is 2.17. The highest BCUT2D eigenvalue weighted by molar-refractivity contribution is 5.93. The molecule has 2 rings (SSSR count). The molecule has 1 fully saturated rings. The third-order valence-electron chi connectivity index (χ3n) is 6.14. The van der Waals surface area contributed by atoms with Crippen molar-refractivity contribution in [3.8, 4) is 11.8 Å². The quantitative estimate of drug-likeness (QED) is 0.108. The number of amides is 1. The lowest BCUT2D eigenvalue weighted by Gasteiger charge is -2.38. The highest BCUT2D eigenvalue weighted by Gasteiger charge is 2.26. The van der Waals surface area contributed by atoms with E-state index < -0.39 is 12.6 Å². The highest BCUT2D eigenvalue weighted by atomic mass is 19.1. The number of aliphatic imine (C=N–C) groups is 3. The van der Waals surface area contributed by atoms with E-state index in [2.05, 4.69) is 43.6 Å². The van der Waals surface area contributed by atoms with Gasteiger partial charge >= 0.3 is 5.97 Å². The van der Waals surface area contributed by atoms with Crippen LogP contribution in [-0.4, -0.2) is 84.4 Å². The van der Waals surface area contributed by atoms with Gasteiger partial charge < -0.3 is 15.3 Å². The molecule has 0 aromatic heterocycles. The molecule has 2 heterocycles. The third-order valence-corrected chi connectivity index (χ3v) is 6.14. The van der Waals surface area contributed by atoms with Gasteiger partial charge in [-0.15, -0.1) is 5.92 Å². The number of allylic oxidation sites excluding steroid dienone is 6. The van der Waals surface area contributed by atoms with Crippen LogP contribution in [0.3, 0.4) is 0 Å². The van der Waals surface area contributed by atoms with E-state index >= 15 is 0 Å². The first kappa shape index (κ1) is 32.8. The number of carboxylic acid groups (broad SMARTS) is 1. The number of rotatable bonds is 14. The molecule has 0 saturated carbocycles. The Hall–Kier alpha value is -4.36. The predicted molar refractivity (Wildman–Crippen MR) is 163 cm³/mol. The molecule has 41 heavy (non-hydrogen) atoms. The van der Waals surface area contributed by atoms with Gasteiger partial charge in [-0.1, -0.05) is 24.7 Å². The molecule has 0 aliphatic carbocycles. The van der Waals surface area contributed by atoms with Crippen LogP contribution in [0.5, 0.6) is 0 Å². The Morgan fingerprint density at radius 1 is 1.22 bits per heavy atom. The van der Waals surface area contributed by atoms with Crippen LogP contribution in [0.25, 0.3) is 0 Å². The maximum absolute atomic E-state index is 13.3. The molecule has 0 aromatic rings. The van der Waals surface area contributed by atoms with E-state index in [0.717, 1.165) is 0 Å². The van der Waals surface area contributed by atoms with Crippen molar-refractivity contribution >= 4 is 30.5 Å². The van der Waals surface area contributed by atoms with Gasteiger partial charge in [-0.25, -0.2) is 4.39 Å². The van der Waals surface area contributed by atoms with Gasteiger partial charge in [0.1, 0.15) is 12.8 Å². The third kappa shape index (κ3) is 12.1. The monoisotopic (exact) mass is 562 g/mol. The average molecular weight is 563 g/mol. The predicted octanol–water partition coefficient (Wildman–Crippen LogP) is 4.21. The van der Waals surface area contributed by atoms with Crippen LogP contribution < -0.4 is 5.32 Å². The number of piperazine rings is 1. The molecular weight excluding hydrogens is 523 g/mol. The number of nitrogens with zero attached hydrogens (tertiary/aromatic N) is 5. The van der Waals surface area contributed by atoms with Crippen LogP contribution in [0.4, 0.5) is 4.39 Å². The van der Waals surface area contributed by atoms with E-state index in [0.29, 0.717) is 68.0 Å². The van der Waals surface area contributed by atoms with E-state index in [9.17, 15) is 14.0 Å². The molecule has 1 saturated heterocycles. The van der Waals surface area contributed by atoms with E-state index in [-0.39, 0.29) is 18.5 Å². The molecule has 2 N–H and O–H groups in total. The lowest BCUT2D eigenvalue weighted by Crippen LogP contribution is -2.56. The molecule has 1 unspecified atom stereocenters. The van der Waals surface area contributed by atoms with Gasteiger partial charge in [0.25, 0.3) is 0 Å².